The summed E-state index contributed by atoms with van der Waals surface area (Å²) in [5, 5.41) is 8.70. The molecule has 2 aromatic heterocycles. The SMILES string of the molecule is Cc1c(C(=O)N(Cc2nnc(-c3ccccc3)o2)C(C)C)sc2cccc(F)c12. The molecular weight excluding hydrogens is 389 g/mol. The van der Waals surface area contributed by atoms with E-state index in [1.807, 2.05) is 50.2 Å². The Morgan fingerprint density at radius 3 is 2.59 bits per heavy atom. The van der Waals surface area contributed by atoms with Gasteiger partial charge >= 0.3 is 0 Å². The zero-order valence-electron chi connectivity index (χ0n) is 16.3. The minimum absolute atomic E-state index is 0.0935. The van der Waals surface area contributed by atoms with Crippen molar-refractivity contribution in [2.45, 2.75) is 33.4 Å². The van der Waals surface area contributed by atoms with Crippen molar-refractivity contribution in [3.05, 3.63) is 70.7 Å². The maximum atomic E-state index is 14.2. The Kier molecular flexibility index (Phi) is 5.15. The normalized spacial score (nSPS) is 11.3. The van der Waals surface area contributed by atoms with Gasteiger partial charge in [-0.05, 0) is 50.6 Å². The van der Waals surface area contributed by atoms with Gasteiger partial charge in [0.1, 0.15) is 5.82 Å². The van der Waals surface area contributed by atoms with Crippen LogP contribution < -0.4 is 0 Å². The lowest BCUT2D eigenvalue weighted by Crippen LogP contribution is -2.36. The predicted octanol–water partition coefficient (Wildman–Crippen LogP) is 5.45. The van der Waals surface area contributed by atoms with Crippen LogP contribution in [0, 0.1) is 12.7 Å². The number of hydrogen-bond donors (Lipinski definition) is 0. The standard InChI is InChI=1S/C22H20FN3O2S/c1-13(2)26(12-18-24-25-21(28-18)15-8-5-4-6-9-15)22(27)20-14(3)19-16(23)10-7-11-17(19)29-20/h4-11,13H,12H2,1-3H3. The lowest BCUT2D eigenvalue weighted by molar-refractivity contribution is 0.0677. The maximum Gasteiger partial charge on any atom is 0.264 e. The first-order valence-corrected chi connectivity index (χ1v) is 10.1. The Labute approximate surface area is 171 Å². The number of carbonyl (C=O) groups excluding carboxylic acids is 1. The highest BCUT2D eigenvalue weighted by molar-refractivity contribution is 7.21. The molecule has 0 aliphatic heterocycles. The van der Waals surface area contributed by atoms with Gasteiger partial charge in [-0.3, -0.25) is 4.79 Å². The van der Waals surface area contributed by atoms with Gasteiger partial charge in [0.05, 0.1) is 11.4 Å². The van der Waals surface area contributed by atoms with Crippen molar-refractivity contribution in [1.29, 1.82) is 0 Å². The fourth-order valence-corrected chi connectivity index (χ4v) is 4.42. The number of benzene rings is 2. The molecule has 0 saturated carbocycles. The molecule has 0 aliphatic carbocycles. The third kappa shape index (κ3) is 3.65. The van der Waals surface area contributed by atoms with Crippen molar-refractivity contribution < 1.29 is 13.6 Å². The topological polar surface area (TPSA) is 59.2 Å². The molecule has 0 spiro atoms. The minimum atomic E-state index is -0.309. The highest BCUT2D eigenvalue weighted by Gasteiger charge is 2.26. The largest absolute Gasteiger partial charge is 0.419 e. The number of rotatable bonds is 5. The number of halogens is 1. The summed E-state index contributed by atoms with van der Waals surface area (Å²) >= 11 is 1.31. The molecule has 148 valence electrons. The molecule has 4 aromatic rings. The van der Waals surface area contributed by atoms with Crippen LogP contribution in [-0.4, -0.2) is 27.0 Å². The zero-order valence-corrected chi connectivity index (χ0v) is 17.2. The second-order valence-corrected chi connectivity index (χ2v) is 8.12. The van der Waals surface area contributed by atoms with Crippen molar-refractivity contribution in [2.75, 3.05) is 0 Å². The molecule has 5 nitrogen and oxygen atoms in total. The van der Waals surface area contributed by atoms with Crippen LogP contribution in [0.15, 0.2) is 52.9 Å². The smallest absolute Gasteiger partial charge is 0.264 e. The third-order valence-electron chi connectivity index (χ3n) is 4.77. The van der Waals surface area contributed by atoms with Crippen LogP contribution in [0.2, 0.25) is 0 Å². The van der Waals surface area contributed by atoms with Crippen LogP contribution in [0.4, 0.5) is 4.39 Å². The van der Waals surface area contributed by atoms with E-state index in [4.69, 9.17) is 4.42 Å². The van der Waals surface area contributed by atoms with E-state index < -0.39 is 0 Å². The van der Waals surface area contributed by atoms with Gasteiger partial charge in [-0.1, -0.05) is 24.3 Å². The first kappa shape index (κ1) is 19.3. The monoisotopic (exact) mass is 409 g/mol. The highest BCUT2D eigenvalue weighted by atomic mass is 32.1. The molecular formula is C22H20FN3O2S. The number of aromatic nitrogens is 2. The summed E-state index contributed by atoms with van der Waals surface area (Å²) in [6.45, 7) is 5.82. The Morgan fingerprint density at radius 2 is 1.90 bits per heavy atom. The van der Waals surface area contributed by atoms with Gasteiger partial charge in [0.25, 0.3) is 5.91 Å². The Morgan fingerprint density at radius 1 is 1.14 bits per heavy atom. The minimum Gasteiger partial charge on any atom is -0.419 e. The molecule has 0 aliphatic rings. The fraction of sp³-hybridized carbons (Fsp3) is 0.227. The molecule has 7 heteroatoms. The van der Waals surface area contributed by atoms with Crippen LogP contribution >= 0.6 is 11.3 Å². The number of aryl methyl sites for hydroxylation is 1. The quantitative estimate of drug-likeness (QED) is 0.440. The Hall–Kier alpha value is -3.06. The van der Waals surface area contributed by atoms with Gasteiger partial charge in [-0.15, -0.1) is 21.5 Å². The van der Waals surface area contributed by atoms with Crippen LogP contribution in [0.1, 0.15) is 35.0 Å². The van der Waals surface area contributed by atoms with Crippen molar-refractivity contribution in [2.24, 2.45) is 0 Å². The van der Waals surface area contributed by atoms with Crippen LogP contribution in [0.25, 0.3) is 21.5 Å². The number of nitrogens with zero attached hydrogens (tertiary/aromatic N) is 3. The lowest BCUT2D eigenvalue weighted by Gasteiger charge is -2.25. The van der Waals surface area contributed by atoms with E-state index in [1.54, 1.807) is 17.9 Å². The highest BCUT2D eigenvalue weighted by Crippen LogP contribution is 2.34. The van der Waals surface area contributed by atoms with E-state index in [9.17, 15) is 9.18 Å². The van der Waals surface area contributed by atoms with E-state index in [1.165, 1.54) is 17.4 Å². The lowest BCUT2D eigenvalue weighted by atomic mass is 10.1. The first-order chi connectivity index (χ1) is 14.0. The second-order valence-electron chi connectivity index (χ2n) is 7.06. The van der Waals surface area contributed by atoms with Gasteiger partial charge in [0.2, 0.25) is 11.8 Å². The van der Waals surface area contributed by atoms with Crippen molar-refractivity contribution in [3.8, 4) is 11.5 Å². The summed E-state index contributed by atoms with van der Waals surface area (Å²) in [5.41, 5.74) is 1.48. The molecule has 0 unspecified atom stereocenters. The molecule has 1 amide bonds. The molecule has 4 rings (SSSR count). The van der Waals surface area contributed by atoms with Crippen molar-refractivity contribution >= 4 is 27.3 Å². The van der Waals surface area contributed by atoms with E-state index in [2.05, 4.69) is 10.2 Å². The molecule has 0 bridgehead atoms. The number of carbonyl (C=O) groups is 1. The fourth-order valence-electron chi connectivity index (χ4n) is 3.24. The second kappa shape index (κ2) is 7.75. The first-order valence-electron chi connectivity index (χ1n) is 9.32. The van der Waals surface area contributed by atoms with E-state index >= 15 is 0 Å². The van der Waals surface area contributed by atoms with Gasteiger partial charge in [0, 0.05) is 21.7 Å². The summed E-state index contributed by atoms with van der Waals surface area (Å²) in [4.78, 5) is 15.5. The summed E-state index contributed by atoms with van der Waals surface area (Å²) in [7, 11) is 0. The molecule has 2 heterocycles. The number of hydrogen-bond acceptors (Lipinski definition) is 5. The summed E-state index contributed by atoms with van der Waals surface area (Å²) < 4.78 is 20.8. The van der Waals surface area contributed by atoms with E-state index in [-0.39, 0.29) is 24.3 Å². The van der Waals surface area contributed by atoms with Gasteiger partial charge in [-0.25, -0.2) is 4.39 Å². The Balaban J connectivity index is 1.63. The van der Waals surface area contributed by atoms with Crippen molar-refractivity contribution in [1.82, 2.24) is 15.1 Å². The average Bonchev–Trinajstić information content (AvgIpc) is 3.31. The van der Waals surface area contributed by atoms with E-state index in [0.29, 0.717) is 27.6 Å². The third-order valence-corrected chi connectivity index (χ3v) is 6.02. The summed E-state index contributed by atoms with van der Waals surface area (Å²) in [5.74, 6) is 0.293. The van der Waals surface area contributed by atoms with Crippen LogP contribution in [0.3, 0.4) is 0 Å². The van der Waals surface area contributed by atoms with Gasteiger partial charge in [0.15, 0.2) is 0 Å². The van der Waals surface area contributed by atoms with Crippen molar-refractivity contribution in [3.63, 3.8) is 0 Å². The predicted molar refractivity (Wildman–Crippen MR) is 111 cm³/mol. The number of amides is 1. The van der Waals surface area contributed by atoms with Gasteiger partial charge < -0.3 is 9.32 Å². The Bertz CT molecular complexity index is 1170. The summed E-state index contributed by atoms with van der Waals surface area (Å²) in [6, 6.07) is 14.3. The number of fused-ring (bicyclic) bond motifs is 1. The molecule has 2 aromatic carbocycles. The van der Waals surface area contributed by atoms with Crippen LogP contribution in [0.5, 0.6) is 0 Å². The summed E-state index contributed by atoms with van der Waals surface area (Å²) in [6.07, 6.45) is 0. The zero-order chi connectivity index (χ0) is 20.5. The van der Waals surface area contributed by atoms with Gasteiger partial charge in [-0.2, -0.15) is 0 Å². The molecule has 29 heavy (non-hydrogen) atoms. The van der Waals surface area contributed by atoms with Crippen LogP contribution in [-0.2, 0) is 6.54 Å². The molecule has 0 fully saturated rings. The average molecular weight is 409 g/mol. The maximum absolute atomic E-state index is 14.2. The molecule has 0 saturated heterocycles. The molecule has 0 atom stereocenters. The van der Waals surface area contributed by atoms with E-state index in [0.717, 1.165) is 10.3 Å². The molecule has 0 radical (unpaired) electrons. The number of thiophene rings is 1. The molecule has 0 N–H and O–H groups in total.